The molecule has 2 fully saturated rings. The third-order valence-corrected chi connectivity index (χ3v) is 4.81. The minimum Gasteiger partial charge on any atom is -0.353 e. The van der Waals surface area contributed by atoms with Crippen LogP contribution in [0.1, 0.15) is 70.6 Å². The summed E-state index contributed by atoms with van der Waals surface area (Å²) in [6.07, 6.45) is 10.9. The molecular formula is C17H28N2O3. The molecular weight excluding hydrogens is 280 g/mol. The first-order valence-corrected chi connectivity index (χ1v) is 8.78. The van der Waals surface area contributed by atoms with Gasteiger partial charge in [0.1, 0.15) is 0 Å². The zero-order valence-corrected chi connectivity index (χ0v) is 13.4. The Balaban J connectivity index is 1.61. The SMILES string of the molecule is O=C(CCNC(=O)C(=O)C1CCCCC1)NC1CCCCC1. The van der Waals surface area contributed by atoms with Crippen molar-refractivity contribution in [2.75, 3.05) is 6.54 Å². The van der Waals surface area contributed by atoms with Gasteiger partial charge in [0, 0.05) is 24.9 Å². The topological polar surface area (TPSA) is 75.3 Å². The molecule has 0 aromatic carbocycles. The van der Waals surface area contributed by atoms with Gasteiger partial charge in [-0.15, -0.1) is 0 Å². The van der Waals surface area contributed by atoms with Gasteiger partial charge in [-0.3, -0.25) is 14.4 Å². The zero-order chi connectivity index (χ0) is 15.8. The minimum absolute atomic E-state index is 0.0303. The molecule has 2 amide bonds. The number of nitrogens with one attached hydrogen (secondary N) is 2. The van der Waals surface area contributed by atoms with Crippen molar-refractivity contribution in [2.24, 2.45) is 5.92 Å². The van der Waals surface area contributed by atoms with E-state index in [0.29, 0.717) is 6.04 Å². The molecule has 0 bridgehead atoms. The summed E-state index contributed by atoms with van der Waals surface area (Å²) in [7, 11) is 0. The van der Waals surface area contributed by atoms with Crippen LogP contribution in [-0.2, 0) is 14.4 Å². The third-order valence-electron chi connectivity index (χ3n) is 4.81. The van der Waals surface area contributed by atoms with E-state index in [4.69, 9.17) is 0 Å². The summed E-state index contributed by atoms with van der Waals surface area (Å²) in [4.78, 5) is 35.6. The number of rotatable bonds is 6. The maximum atomic E-state index is 12.0. The number of carbonyl (C=O) groups excluding carboxylic acids is 3. The third kappa shape index (κ3) is 5.43. The second-order valence-electron chi connectivity index (χ2n) is 6.61. The van der Waals surface area contributed by atoms with Crippen LogP contribution in [0, 0.1) is 5.92 Å². The fraction of sp³-hybridized carbons (Fsp3) is 0.824. The molecule has 0 atom stereocenters. The van der Waals surface area contributed by atoms with E-state index in [1.165, 1.54) is 19.3 Å². The average Bonchev–Trinajstić information content (AvgIpc) is 2.55. The summed E-state index contributed by atoms with van der Waals surface area (Å²) < 4.78 is 0. The first-order chi connectivity index (χ1) is 10.7. The molecule has 0 unspecified atom stereocenters. The van der Waals surface area contributed by atoms with Gasteiger partial charge in [0.15, 0.2) is 0 Å². The average molecular weight is 308 g/mol. The van der Waals surface area contributed by atoms with Crippen molar-refractivity contribution in [3.8, 4) is 0 Å². The molecule has 2 N–H and O–H groups in total. The molecule has 0 aromatic heterocycles. The summed E-state index contributed by atoms with van der Waals surface area (Å²) in [6.45, 7) is 0.246. The standard InChI is InChI=1S/C17H28N2O3/c20-15(19-14-9-5-2-6-10-14)11-12-18-17(22)16(21)13-7-3-1-4-8-13/h13-14H,1-12H2,(H,18,22)(H,19,20). The molecule has 2 aliphatic carbocycles. The van der Waals surface area contributed by atoms with Crippen LogP contribution in [0.4, 0.5) is 0 Å². The number of carbonyl (C=O) groups is 3. The fourth-order valence-corrected chi connectivity index (χ4v) is 3.47. The predicted molar refractivity (Wildman–Crippen MR) is 84.2 cm³/mol. The van der Waals surface area contributed by atoms with E-state index in [9.17, 15) is 14.4 Å². The number of ketones is 1. The van der Waals surface area contributed by atoms with Gasteiger partial charge in [0.05, 0.1) is 0 Å². The number of hydrogen-bond donors (Lipinski definition) is 2. The van der Waals surface area contributed by atoms with Gasteiger partial charge in [0.2, 0.25) is 11.7 Å². The van der Waals surface area contributed by atoms with Crippen molar-refractivity contribution in [1.82, 2.24) is 10.6 Å². The summed E-state index contributed by atoms with van der Waals surface area (Å²) in [6, 6.07) is 0.292. The van der Waals surface area contributed by atoms with Gasteiger partial charge in [-0.05, 0) is 25.7 Å². The van der Waals surface area contributed by atoms with Gasteiger partial charge < -0.3 is 10.6 Å². The molecule has 2 saturated carbocycles. The first kappa shape index (κ1) is 17.0. The molecule has 5 nitrogen and oxygen atoms in total. The fourth-order valence-electron chi connectivity index (χ4n) is 3.47. The Morgan fingerprint density at radius 2 is 1.41 bits per heavy atom. The molecule has 0 saturated heterocycles. The van der Waals surface area contributed by atoms with Gasteiger partial charge in [-0.2, -0.15) is 0 Å². The first-order valence-electron chi connectivity index (χ1n) is 8.78. The van der Waals surface area contributed by atoms with E-state index >= 15 is 0 Å². The molecule has 0 aliphatic heterocycles. The largest absolute Gasteiger partial charge is 0.353 e. The van der Waals surface area contributed by atoms with Crippen LogP contribution < -0.4 is 10.6 Å². The molecule has 5 heteroatoms. The van der Waals surface area contributed by atoms with Crippen LogP contribution in [0.2, 0.25) is 0 Å². The van der Waals surface area contributed by atoms with Gasteiger partial charge in [-0.25, -0.2) is 0 Å². The maximum Gasteiger partial charge on any atom is 0.287 e. The van der Waals surface area contributed by atoms with E-state index < -0.39 is 5.91 Å². The molecule has 0 aromatic rings. The Hall–Kier alpha value is -1.39. The van der Waals surface area contributed by atoms with E-state index in [1.54, 1.807) is 0 Å². The Bertz CT molecular complexity index is 397. The maximum absolute atomic E-state index is 12.0. The highest BCUT2D eigenvalue weighted by atomic mass is 16.2. The van der Waals surface area contributed by atoms with Crippen LogP contribution in [0.3, 0.4) is 0 Å². The Morgan fingerprint density at radius 3 is 2.05 bits per heavy atom. The number of Topliss-reactive ketones (excluding diaryl/α,β-unsaturated/α-hetero) is 1. The Kier molecular flexibility index (Phi) is 6.87. The van der Waals surface area contributed by atoms with Crippen molar-refractivity contribution in [2.45, 2.75) is 76.7 Å². The molecule has 22 heavy (non-hydrogen) atoms. The number of amides is 2. The van der Waals surface area contributed by atoms with E-state index in [0.717, 1.165) is 44.9 Å². The smallest absolute Gasteiger partial charge is 0.287 e. The second-order valence-corrected chi connectivity index (χ2v) is 6.61. The van der Waals surface area contributed by atoms with Gasteiger partial charge in [-0.1, -0.05) is 38.5 Å². The monoisotopic (exact) mass is 308 g/mol. The lowest BCUT2D eigenvalue weighted by molar-refractivity contribution is -0.140. The van der Waals surface area contributed by atoms with Gasteiger partial charge in [0.25, 0.3) is 5.91 Å². The molecule has 124 valence electrons. The Morgan fingerprint density at radius 1 is 0.818 bits per heavy atom. The van der Waals surface area contributed by atoms with Crippen LogP contribution in [-0.4, -0.2) is 30.2 Å². The second kappa shape index (κ2) is 8.91. The lowest BCUT2D eigenvalue weighted by atomic mass is 9.86. The summed E-state index contributed by atoms with van der Waals surface area (Å²) in [5, 5.41) is 5.61. The molecule has 2 rings (SSSR count). The van der Waals surface area contributed by atoms with Crippen molar-refractivity contribution in [3.63, 3.8) is 0 Å². The van der Waals surface area contributed by atoms with E-state index in [-0.39, 0.29) is 30.6 Å². The minimum atomic E-state index is -0.516. The number of hydrogen-bond acceptors (Lipinski definition) is 3. The van der Waals surface area contributed by atoms with Gasteiger partial charge >= 0.3 is 0 Å². The Labute approximate surface area is 132 Å². The predicted octanol–water partition coefficient (Wildman–Crippen LogP) is 2.09. The molecule has 2 aliphatic rings. The van der Waals surface area contributed by atoms with Crippen molar-refractivity contribution >= 4 is 17.6 Å². The molecule has 0 spiro atoms. The van der Waals surface area contributed by atoms with Crippen LogP contribution in [0.5, 0.6) is 0 Å². The highest BCUT2D eigenvalue weighted by molar-refractivity contribution is 6.36. The highest BCUT2D eigenvalue weighted by Crippen LogP contribution is 2.24. The lowest BCUT2D eigenvalue weighted by Gasteiger charge is -2.22. The summed E-state index contributed by atoms with van der Waals surface area (Å²) in [5.74, 6) is -0.952. The van der Waals surface area contributed by atoms with Crippen LogP contribution in [0.25, 0.3) is 0 Å². The van der Waals surface area contributed by atoms with E-state index in [1.807, 2.05) is 0 Å². The van der Waals surface area contributed by atoms with Crippen molar-refractivity contribution < 1.29 is 14.4 Å². The summed E-state index contributed by atoms with van der Waals surface area (Å²) in [5.41, 5.74) is 0. The van der Waals surface area contributed by atoms with Crippen molar-refractivity contribution in [1.29, 1.82) is 0 Å². The van der Waals surface area contributed by atoms with Crippen LogP contribution >= 0.6 is 0 Å². The molecule has 0 heterocycles. The zero-order valence-electron chi connectivity index (χ0n) is 13.4. The molecule has 0 radical (unpaired) electrons. The van der Waals surface area contributed by atoms with Crippen LogP contribution in [0.15, 0.2) is 0 Å². The van der Waals surface area contributed by atoms with E-state index in [2.05, 4.69) is 10.6 Å². The van der Waals surface area contributed by atoms with Crippen molar-refractivity contribution in [3.05, 3.63) is 0 Å². The normalized spacial score (nSPS) is 20.4. The highest BCUT2D eigenvalue weighted by Gasteiger charge is 2.26. The lowest BCUT2D eigenvalue weighted by Crippen LogP contribution is -2.40. The summed E-state index contributed by atoms with van der Waals surface area (Å²) >= 11 is 0. The quantitative estimate of drug-likeness (QED) is 0.738.